The molecule has 1 N–H and O–H groups in total. The van der Waals surface area contributed by atoms with Crippen molar-refractivity contribution in [3.8, 4) is 17.2 Å². The van der Waals surface area contributed by atoms with Crippen LogP contribution in [-0.4, -0.2) is 23.3 Å². The molecule has 0 amide bonds. The number of nitrogens with zero attached hydrogens (tertiary/aromatic N) is 2. The number of hydrogen-bond acceptors (Lipinski definition) is 5. The summed E-state index contributed by atoms with van der Waals surface area (Å²) in [5, 5.41) is 7.37. The smallest absolute Gasteiger partial charge is 0.261 e. The summed E-state index contributed by atoms with van der Waals surface area (Å²) in [6.07, 6.45) is 0.782. The molecule has 0 saturated carbocycles. The van der Waals surface area contributed by atoms with Crippen LogP contribution in [0.2, 0.25) is 0 Å². The molecule has 106 valence electrons. The van der Waals surface area contributed by atoms with Gasteiger partial charge in [-0.1, -0.05) is 32.0 Å². The van der Waals surface area contributed by atoms with Gasteiger partial charge in [-0.3, -0.25) is 0 Å². The van der Waals surface area contributed by atoms with Gasteiger partial charge in [0.05, 0.1) is 11.3 Å². The van der Waals surface area contributed by atoms with Crippen LogP contribution in [0.1, 0.15) is 26.6 Å². The zero-order valence-corrected chi connectivity index (χ0v) is 12.1. The highest BCUT2D eigenvalue weighted by atomic mass is 16.5. The number of nitrogens with one attached hydrogen (secondary N) is 1. The zero-order valence-electron chi connectivity index (χ0n) is 12.1. The van der Waals surface area contributed by atoms with Gasteiger partial charge in [0, 0.05) is 13.0 Å². The van der Waals surface area contributed by atoms with E-state index < -0.39 is 0 Å². The van der Waals surface area contributed by atoms with Gasteiger partial charge in [0.15, 0.2) is 11.6 Å². The van der Waals surface area contributed by atoms with Gasteiger partial charge in [0.2, 0.25) is 0 Å². The summed E-state index contributed by atoms with van der Waals surface area (Å²) < 4.78 is 11.1. The summed E-state index contributed by atoms with van der Waals surface area (Å²) in [5.41, 5.74) is 1.96. The van der Waals surface area contributed by atoms with Crippen LogP contribution >= 0.6 is 0 Å². The first-order valence-electron chi connectivity index (χ1n) is 6.85. The van der Waals surface area contributed by atoms with Crippen molar-refractivity contribution in [2.75, 3.05) is 18.5 Å². The number of benzene rings is 1. The fraction of sp³-hybridized carbons (Fsp3) is 0.467. The largest absolute Gasteiger partial charge is 0.489 e. The van der Waals surface area contributed by atoms with Gasteiger partial charge in [-0.25, -0.2) is 0 Å². The second-order valence-electron chi connectivity index (χ2n) is 6.21. The average molecular weight is 273 g/mol. The highest BCUT2D eigenvalue weighted by Crippen LogP contribution is 2.37. The van der Waals surface area contributed by atoms with Gasteiger partial charge in [0.25, 0.3) is 5.89 Å². The average Bonchev–Trinajstić information content (AvgIpc) is 2.84. The van der Waals surface area contributed by atoms with E-state index in [0.29, 0.717) is 12.5 Å². The van der Waals surface area contributed by atoms with Crippen LogP contribution in [0, 0.1) is 5.41 Å². The van der Waals surface area contributed by atoms with E-state index in [1.165, 1.54) is 0 Å². The summed E-state index contributed by atoms with van der Waals surface area (Å²) in [6.45, 7) is 7.92. The molecule has 0 atom stereocenters. The Hall–Kier alpha value is -2.04. The summed E-state index contributed by atoms with van der Waals surface area (Å²) in [6, 6.07) is 5.90. The van der Waals surface area contributed by atoms with Crippen LogP contribution in [0.4, 0.5) is 5.69 Å². The second kappa shape index (κ2) is 4.81. The van der Waals surface area contributed by atoms with Crippen LogP contribution in [0.25, 0.3) is 11.5 Å². The van der Waals surface area contributed by atoms with Crippen molar-refractivity contribution in [1.82, 2.24) is 10.1 Å². The van der Waals surface area contributed by atoms with Crippen molar-refractivity contribution < 1.29 is 9.26 Å². The van der Waals surface area contributed by atoms with Gasteiger partial charge in [0.1, 0.15) is 6.61 Å². The molecule has 0 unspecified atom stereocenters. The summed E-state index contributed by atoms with van der Waals surface area (Å²) >= 11 is 0. The molecule has 5 heteroatoms. The van der Waals surface area contributed by atoms with Crippen molar-refractivity contribution in [3.63, 3.8) is 0 Å². The van der Waals surface area contributed by atoms with E-state index in [1.54, 1.807) is 0 Å². The number of hydrogen-bond donors (Lipinski definition) is 1. The number of rotatable bonds is 2. The minimum absolute atomic E-state index is 0.134. The molecule has 1 aliphatic rings. The number of para-hydroxylation sites is 1. The van der Waals surface area contributed by atoms with E-state index in [2.05, 4.69) is 36.2 Å². The molecule has 0 fully saturated rings. The predicted molar refractivity (Wildman–Crippen MR) is 76.9 cm³/mol. The zero-order chi connectivity index (χ0) is 14.2. The Morgan fingerprint density at radius 1 is 1.30 bits per heavy atom. The molecule has 1 aromatic heterocycles. The molecular weight excluding hydrogens is 254 g/mol. The molecule has 2 heterocycles. The molecule has 0 saturated heterocycles. The van der Waals surface area contributed by atoms with Gasteiger partial charge >= 0.3 is 0 Å². The fourth-order valence-corrected chi connectivity index (χ4v) is 2.25. The van der Waals surface area contributed by atoms with Gasteiger partial charge in [-0.05, 0) is 17.5 Å². The van der Waals surface area contributed by atoms with E-state index in [0.717, 1.165) is 35.8 Å². The number of ether oxygens (including phenoxy) is 1. The second-order valence-corrected chi connectivity index (χ2v) is 6.21. The van der Waals surface area contributed by atoms with Crippen LogP contribution < -0.4 is 10.1 Å². The first-order chi connectivity index (χ1) is 9.53. The molecule has 0 radical (unpaired) electrons. The maximum Gasteiger partial charge on any atom is 0.261 e. The summed E-state index contributed by atoms with van der Waals surface area (Å²) in [5.74, 6) is 2.04. The lowest BCUT2D eigenvalue weighted by Crippen LogP contribution is -2.18. The molecule has 2 aromatic rings. The first kappa shape index (κ1) is 13.0. The third-order valence-corrected chi connectivity index (χ3v) is 3.07. The third kappa shape index (κ3) is 2.61. The minimum Gasteiger partial charge on any atom is -0.489 e. The first-order valence-corrected chi connectivity index (χ1v) is 6.85. The molecule has 0 bridgehead atoms. The number of aromatic nitrogens is 2. The van der Waals surface area contributed by atoms with Crippen LogP contribution in [0.15, 0.2) is 22.7 Å². The van der Waals surface area contributed by atoms with Crippen molar-refractivity contribution in [1.29, 1.82) is 0 Å². The van der Waals surface area contributed by atoms with E-state index in [1.807, 2.05) is 18.2 Å². The van der Waals surface area contributed by atoms with Crippen molar-refractivity contribution in [2.24, 2.45) is 5.41 Å². The van der Waals surface area contributed by atoms with E-state index >= 15 is 0 Å². The van der Waals surface area contributed by atoms with Gasteiger partial charge < -0.3 is 14.6 Å². The van der Waals surface area contributed by atoms with Crippen molar-refractivity contribution in [2.45, 2.75) is 27.2 Å². The van der Waals surface area contributed by atoms with Crippen molar-refractivity contribution >= 4 is 5.69 Å². The van der Waals surface area contributed by atoms with Crippen LogP contribution in [-0.2, 0) is 6.42 Å². The normalized spacial score (nSPS) is 14.3. The van der Waals surface area contributed by atoms with Crippen LogP contribution in [0.5, 0.6) is 5.75 Å². The molecule has 1 aromatic carbocycles. The lowest BCUT2D eigenvalue weighted by atomic mass is 9.92. The Morgan fingerprint density at radius 3 is 2.95 bits per heavy atom. The monoisotopic (exact) mass is 273 g/mol. The standard InChI is InChI=1S/C15H19N3O2/c1-15(2,3)9-12-17-14(20-18-12)10-5-4-6-11-13(10)19-8-7-16-11/h4-6,16H,7-9H2,1-3H3. The topological polar surface area (TPSA) is 60.2 Å². The molecule has 20 heavy (non-hydrogen) atoms. The van der Waals surface area contributed by atoms with E-state index in [9.17, 15) is 0 Å². The molecule has 1 aliphatic heterocycles. The number of anilines is 1. The highest BCUT2D eigenvalue weighted by molar-refractivity contribution is 5.74. The fourth-order valence-electron chi connectivity index (χ4n) is 2.25. The summed E-state index contributed by atoms with van der Waals surface area (Å²) in [4.78, 5) is 4.49. The lowest BCUT2D eigenvalue weighted by Gasteiger charge is -2.20. The maximum atomic E-state index is 5.73. The molecule has 3 rings (SSSR count). The molecule has 5 nitrogen and oxygen atoms in total. The third-order valence-electron chi connectivity index (χ3n) is 3.07. The van der Waals surface area contributed by atoms with Gasteiger partial charge in [-0.2, -0.15) is 4.98 Å². The quantitative estimate of drug-likeness (QED) is 0.911. The summed E-state index contributed by atoms with van der Waals surface area (Å²) in [7, 11) is 0. The molecular formula is C15H19N3O2. The van der Waals surface area contributed by atoms with E-state index in [-0.39, 0.29) is 5.41 Å². The molecule has 0 spiro atoms. The Bertz CT molecular complexity index is 614. The Kier molecular flexibility index (Phi) is 3.12. The number of fused-ring (bicyclic) bond motifs is 1. The van der Waals surface area contributed by atoms with Crippen LogP contribution in [0.3, 0.4) is 0 Å². The Balaban J connectivity index is 1.94. The van der Waals surface area contributed by atoms with Crippen molar-refractivity contribution in [3.05, 3.63) is 24.0 Å². The highest BCUT2D eigenvalue weighted by Gasteiger charge is 2.21. The Labute approximate surface area is 118 Å². The maximum absolute atomic E-state index is 5.73. The van der Waals surface area contributed by atoms with E-state index in [4.69, 9.17) is 9.26 Å². The molecule has 0 aliphatic carbocycles. The minimum atomic E-state index is 0.134. The SMILES string of the molecule is CC(C)(C)Cc1noc(-c2cccc3c2OCCN3)n1. The predicted octanol–water partition coefficient (Wildman–Crippen LogP) is 3.13. The lowest BCUT2D eigenvalue weighted by molar-refractivity contribution is 0.322. The van der Waals surface area contributed by atoms with Gasteiger partial charge in [-0.15, -0.1) is 0 Å². The Morgan fingerprint density at radius 2 is 2.15 bits per heavy atom.